The summed E-state index contributed by atoms with van der Waals surface area (Å²) < 4.78 is 2.88. The fourth-order valence-corrected chi connectivity index (χ4v) is 4.33. The van der Waals surface area contributed by atoms with Gasteiger partial charge in [-0.15, -0.1) is 10.2 Å². The first-order valence-electron chi connectivity index (χ1n) is 9.86. The van der Waals surface area contributed by atoms with Gasteiger partial charge in [0.2, 0.25) is 5.91 Å². The number of benzene rings is 2. The van der Waals surface area contributed by atoms with Crippen molar-refractivity contribution in [1.82, 2.24) is 20.1 Å². The third-order valence-electron chi connectivity index (χ3n) is 4.63. The summed E-state index contributed by atoms with van der Waals surface area (Å²) in [5.41, 5.74) is 2.35. The molecule has 1 heterocycles. The predicted molar refractivity (Wildman–Crippen MR) is 126 cm³/mol. The normalized spacial score (nSPS) is 11.7. The van der Waals surface area contributed by atoms with E-state index in [2.05, 4.69) is 36.8 Å². The number of carbonyl (C=O) groups excluding carboxylic acids is 2. The molecule has 0 saturated carbocycles. The summed E-state index contributed by atoms with van der Waals surface area (Å²) in [5, 5.41) is 15.0. The maximum absolute atomic E-state index is 12.4. The molecule has 2 aromatic carbocycles. The molecule has 0 bridgehead atoms. The van der Waals surface area contributed by atoms with Crippen molar-refractivity contribution < 1.29 is 9.59 Å². The number of halogens is 1. The first kappa shape index (κ1) is 23.0. The number of nitrogens with one attached hydrogen (secondary N) is 2. The Morgan fingerprint density at radius 1 is 1.16 bits per heavy atom. The topological polar surface area (TPSA) is 88.9 Å². The van der Waals surface area contributed by atoms with E-state index in [9.17, 15) is 9.59 Å². The van der Waals surface area contributed by atoms with E-state index >= 15 is 0 Å². The lowest BCUT2D eigenvalue weighted by atomic mass is 10.2. The number of nitrogens with zero attached hydrogens (tertiary/aromatic N) is 3. The lowest BCUT2D eigenvalue weighted by Crippen LogP contribution is -2.28. The number of amides is 2. The molecule has 3 rings (SSSR count). The van der Waals surface area contributed by atoms with Gasteiger partial charge in [-0.3, -0.25) is 9.59 Å². The van der Waals surface area contributed by atoms with Gasteiger partial charge in [0.05, 0.1) is 11.8 Å². The Balaban J connectivity index is 1.62. The Hall–Kier alpha value is -2.65. The van der Waals surface area contributed by atoms with Crippen molar-refractivity contribution in [3.63, 3.8) is 0 Å². The molecular formula is C22H24BrN5O2S. The van der Waals surface area contributed by atoms with Crippen LogP contribution in [0.1, 0.15) is 41.6 Å². The molecule has 0 saturated heterocycles. The smallest absolute Gasteiger partial charge is 0.251 e. The van der Waals surface area contributed by atoms with Gasteiger partial charge in [-0.2, -0.15) is 0 Å². The Kier molecular flexibility index (Phi) is 7.86. The standard InChI is InChI=1S/C22H24BrN5O2S/c1-4-28-20(15(3)24-21(30)16-8-6-5-7-9-16)26-27-22(28)31-13-19(29)25-18-11-10-17(23)12-14(18)2/h5-12,15H,4,13H2,1-3H3,(H,24,30)(H,25,29)/t15-/m0/s1. The lowest BCUT2D eigenvalue weighted by Gasteiger charge is -2.15. The van der Waals surface area contributed by atoms with Gasteiger partial charge in [0.15, 0.2) is 11.0 Å². The predicted octanol–water partition coefficient (Wildman–Crippen LogP) is 4.59. The highest BCUT2D eigenvalue weighted by Crippen LogP contribution is 2.23. The summed E-state index contributed by atoms with van der Waals surface area (Å²) >= 11 is 4.74. The van der Waals surface area contributed by atoms with Crippen molar-refractivity contribution in [2.24, 2.45) is 0 Å². The zero-order valence-electron chi connectivity index (χ0n) is 17.6. The Morgan fingerprint density at radius 3 is 2.58 bits per heavy atom. The van der Waals surface area contributed by atoms with E-state index in [0.29, 0.717) is 23.1 Å². The maximum Gasteiger partial charge on any atom is 0.251 e. The fourth-order valence-electron chi connectivity index (χ4n) is 3.04. The summed E-state index contributed by atoms with van der Waals surface area (Å²) in [5.74, 6) is 0.571. The number of anilines is 1. The molecule has 7 nitrogen and oxygen atoms in total. The van der Waals surface area contributed by atoms with Crippen LogP contribution in [0, 0.1) is 6.92 Å². The summed E-state index contributed by atoms with van der Waals surface area (Å²) in [6.07, 6.45) is 0. The summed E-state index contributed by atoms with van der Waals surface area (Å²) in [7, 11) is 0. The Morgan fingerprint density at radius 2 is 1.90 bits per heavy atom. The molecule has 2 amide bonds. The van der Waals surface area contributed by atoms with Gasteiger partial charge >= 0.3 is 0 Å². The summed E-state index contributed by atoms with van der Waals surface area (Å²) in [4.78, 5) is 24.8. The zero-order valence-corrected chi connectivity index (χ0v) is 20.0. The molecule has 31 heavy (non-hydrogen) atoms. The van der Waals surface area contributed by atoms with E-state index in [4.69, 9.17) is 0 Å². The van der Waals surface area contributed by atoms with Crippen LogP contribution in [-0.4, -0.2) is 32.3 Å². The maximum atomic E-state index is 12.4. The van der Waals surface area contributed by atoms with Crippen LogP contribution in [0.2, 0.25) is 0 Å². The molecule has 2 N–H and O–H groups in total. The molecule has 0 aliphatic heterocycles. The Labute approximate surface area is 194 Å². The third kappa shape index (κ3) is 5.95. The summed E-state index contributed by atoms with van der Waals surface area (Å²) in [6.45, 7) is 6.42. The minimum absolute atomic E-state index is 0.118. The number of rotatable bonds is 8. The van der Waals surface area contributed by atoms with Gasteiger partial charge in [-0.05, 0) is 56.7 Å². The second-order valence-electron chi connectivity index (χ2n) is 6.94. The van der Waals surface area contributed by atoms with E-state index in [0.717, 1.165) is 15.7 Å². The molecule has 0 radical (unpaired) electrons. The van der Waals surface area contributed by atoms with E-state index in [-0.39, 0.29) is 23.6 Å². The molecule has 0 spiro atoms. The molecule has 3 aromatic rings. The average molecular weight is 502 g/mol. The molecule has 1 aromatic heterocycles. The molecule has 0 fully saturated rings. The van der Waals surface area contributed by atoms with Crippen LogP contribution >= 0.6 is 27.7 Å². The van der Waals surface area contributed by atoms with Crippen LogP contribution < -0.4 is 10.6 Å². The second kappa shape index (κ2) is 10.6. The van der Waals surface area contributed by atoms with E-state index in [1.54, 1.807) is 12.1 Å². The minimum Gasteiger partial charge on any atom is -0.342 e. The van der Waals surface area contributed by atoms with Gasteiger partial charge in [-0.1, -0.05) is 45.9 Å². The first-order chi connectivity index (χ1) is 14.9. The monoisotopic (exact) mass is 501 g/mol. The van der Waals surface area contributed by atoms with Gasteiger partial charge in [-0.25, -0.2) is 0 Å². The van der Waals surface area contributed by atoms with Crippen LogP contribution in [0.3, 0.4) is 0 Å². The molecule has 0 unspecified atom stereocenters. The molecule has 0 aliphatic rings. The molecular weight excluding hydrogens is 478 g/mol. The third-order valence-corrected chi connectivity index (χ3v) is 6.09. The van der Waals surface area contributed by atoms with Gasteiger partial charge in [0.25, 0.3) is 5.91 Å². The van der Waals surface area contributed by atoms with Crippen LogP contribution in [-0.2, 0) is 11.3 Å². The van der Waals surface area contributed by atoms with Crippen LogP contribution in [0.5, 0.6) is 0 Å². The van der Waals surface area contributed by atoms with Crippen LogP contribution in [0.15, 0.2) is 58.2 Å². The SMILES string of the molecule is CCn1c(SCC(=O)Nc2ccc(Br)cc2C)nnc1[C@H](C)NC(=O)c1ccccc1. The number of aryl methyl sites for hydroxylation is 1. The van der Waals surface area contributed by atoms with Gasteiger partial charge in [0, 0.05) is 22.3 Å². The average Bonchev–Trinajstić information content (AvgIpc) is 3.18. The van der Waals surface area contributed by atoms with E-state index in [1.807, 2.05) is 61.7 Å². The van der Waals surface area contributed by atoms with E-state index in [1.165, 1.54) is 11.8 Å². The number of hydrogen-bond acceptors (Lipinski definition) is 5. The number of carbonyl (C=O) groups is 2. The van der Waals surface area contributed by atoms with Crippen molar-refractivity contribution in [1.29, 1.82) is 0 Å². The van der Waals surface area contributed by atoms with Crippen molar-refractivity contribution >= 4 is 45.2 Å². The van der Waals surface area contributed by atoms with Crippen LogP contribution in [0.4, 0.5) is 5.69 Å². The lowest BCUT2D eigenvalue weighted by molar-refractivity contribution is -0.113. The van der Waals surface area contributed by atoms with Crippen molar-refractivity contribution in [3.05, 3.63) is 70.0 Å². The van der Waals surface area contributed by atoms with Gasteiger partial charge in [0.1, 0.15) is 0 Å². The highest BCUT2D eigenvalue weighted by molar-refractivity contribution is 9.10. The van der Waals surface area contributed by atoms with Crippen molar-refractivity contribution in [2.75, 3.05) is 11.1 Å². The minimum atomic E-state index is -0.325. The van der Waals surface area contributed by atoms with Crippen LogP contribution in [0.25, 0.3) is 0 Å². The number of hydrogen-bond donors (Lipinski definition) is 2. The molecule has 162 valence electrons. The first-order valence-corrected chi connectivity index (χ1v) is 11.6. The highest BCUT2D eigenvalue weighted by atomic mass is 79.9. The molecule has 9 heteroatoms. The zero-order chi connectivity index (χ0) is 22.4. The van der Waals surface area contributed by atoms with Gasteiger partial charge < -0.3 is 15.2 Å². The molecule has 0 aliphatic carbocycles. The largest absolute Gasteiger partial charge is 0.342 e. The fraction of sp³-hybridized carbons (Fsp3) is 0.273. The molecule has 1 atom stereocenters. The quantitative estimate of drug-likeness (QED) is 0.440. The second-order valence-corrected chi connectivity index (χ2v) is 8.80. The summed E-state index contributed by atoms with van der Waals surface area (Å²) in [6, 6.07) is 14.4. The van der Waals surface area contributed by atoms with Crippen molar-refractivity contribution in [3.8, 4) is 0 Å². The Bertz CT molecular complexity index is 1070. The highest BCUT2D eigenvalue weighted by Gasteiger charge is 2.20. The van der Waals surface area contributed by atoms with E-state index < -0.39 is 0 Å². The number of thioether (sulfide) groups is 1. The van der Waals surface area contributed by atoms with Crippen molar-refractivity contribution in [2.45, 2.75) is 38.5 Å². The number of aromatic nitrogens is 3.